The van der Waals surface area contributed by atoms with Gasteiger partial charge in [-0.25, -0.2) is 4.79 Å². The molecule has 0 saturated heterocycles. The molecule has 0 aliphatic carbocycles. The SMILES string of the molecule is COC(=O)c1ccc([C@@H]2C(C(=O)c3ccco3)=C(O)C(=O)N2CCOCCO)cc1. The van der Waals surface area contributed by atoms with Crippen molar-refractivity contribution in [3.63, 3.8) is 0 Å². The molecule has 0 radical (unpaired) electrons. The van der Waals surface area contributed by atoms with Crippen molar-refractivity contribution in [3.05, 3.63) is 70.9 Å². The average Bonchev–Trinajstić information content (AvgIpc) is 3.39. The van der Waals surface area contributed by atoms with Gasteiger partial charge in [0.1, 0.15) is 0 Å². The number of esters is 1. The van der Waals surface area contributed by atoms with Crippen LogP contribution in [0.2, 0.25) is 0 Å². The van der Waals surface area contributed by atoms with Gasteiger partial charge in [0.05, 0.1) is 50.4 Å². The molecule has 0 bridgehead atoms. The topological polar surface area (TPSA) is 127 Å². The number of methoxy groups -OCH3 is 1. The van der Waals surface area contributed by atoms with Crippen molar-refractivity contribution in [2.24, 2.45) is 0 Å². The first kappa shape index (κ1) is 21.3. The van der Waals surface area contributed by atoms with Gasteiger partial charge in [0.15, 0.2) is 11.5 Å². The van der Waals surface area contributed by atoms with Crippen molar-refractivity contribution < 1.29 is 38.5 Å². The number of carbonyl (C=O) groups excluding carboxylic acids is 3. The number of Topliss-reactive ketones (excluding diaryl/α,β-unsaturated/α-hetero) is 1. The summed E-state index contributed by atoms with van der Waals surface area (Å²) in [6, 6.07) is 8.26. The molecule has 30 heavy (non-hydrogen) atoms. The quantitative estimate of drug-likeness (QED) is 0.360. The van der Waals surface area contributed by atoms with Gasteiger partial charge in [0, 0.05) is 6.54 Å². The molecule has 1 aliphatic heterocycles. The molecule has 0 saturated carbocycles. The Hall–Kier alpha value is -3.43. The Morgan fingerprint density at radius 1 is 1.17 bits per heavy atom. The number of amides is 1. The van der Waals surface area contributed by atoms with Crippen molar-refractivity contribution in [1.82, 2.24) is 4.90 Å². The molecule has 1 amide bonds. The number of ether oxygens (including phenoxy) is 2. The van der Waals surface area contributed by atoms with E-state index in [0.717, 1.165) is 0 Å². The lowest BCUT2D eigenvalue weighted by molar-refractivity contribution is -0.130. The van der Waals surface area contributed by atoms with E-state index in [4.69, 9.17) is 14.3 Å². The summed E-state index contributed by atoms with van der Waals surface area (Å²) in [4.78, 5) is 38.7. The van der Waals surface area contributed by atoms with Crippen molar-refractivity contribution in [2.75, 3.05) is 33.5 Å². The molecule has 1 aromatic heterocycles. The number of nitrogens with zero attached hydrogens (tertiary/aromatic N) is 1. The van der Waals surface area contributed by atoms with Crippen LogP contribution in [-0.4, -0.2) is 66.2 Å². The number of aliphatic hydroxyl groups is 2. The highest BCUT2D eigenvalue weighted by Crippen LogP contribution is 2.38. The molecule has 9 heteroatoms. The summed E-state index contributed by atoms with van der Waals surface area (Å²) in [6.07, 6.45) is 1.32. The highest BCUT2D eigenvalue weighted by molar-refractivity contribution is 6.15. The van der Waals surface area contributed by atoms with Crippen LogP contribution >= 0.6 is 0 Å². The second-order valence-electron chi connectivity index (χ2n) is 6.42. The number of hydrogen-bond donors (Lipinski definition) is 2. The Kier molecular flexibility index (Phi) is 6.65. The van der Waals surface area contributed by atoms with Gasteiger partial charge >= 0.3 is 5.97 Å². The van der Waals surface area contributed by atoms with Crippen molar-refractivity contribution in [2.45, 2.75) is 6.04 Å². The zero-order valence-electron chi connectivity index (χ0n) is 16.2. The maximum absolute atomic E-state index is 13.0. The first-order valence-corrected chi connectivity index (χ1v) is 9.18. The monoisotopic (exact) mass is 415 g/mol. The lowest BCUT2D eigenvalue weighted by Crippen LogP contribution is -2.34. The van der Waals surface area contributed by atoms with E-state index in [2.05, 4.69) is 4.74 Å². The number of carbonyl (C=O) groups is 3. The lowest BCUT2D eigenvalue weighted by atomic mass is 9.94. The number of aliphatic hydroxyl groups excluding tert-OH is 2. The van der Waals surface area contributed by atoms with Crippen LogP contribution in [0.3, 0.4) is 0 Å². The van der Waals surface area contributed by atoms with Gasteiger partial charge in [0.25, 0.3) is 5.91 Å². The van der Waals surface area contributed by atoms with E-state index in [-0.39, 0.29) is 37.7 Å². The zero-order valence-corrected chi connectivity index (χ0v) is 16.2. The van der Waals surface area contributed by atoms with Gasteiger partial charge in [0.2, 0.25) is 5.78 Å². The first-order valence-electron chi connectivity index (χ1n) is 9.18. The van der Waals surface area contributed by atoms with Gasteiger partial charge in [-0.1, -0.05) is 12.1 Å². The second-order valence-corrected chi connectivity index (χ2v) is 6.42. The number of ketones is 1. The molecule has 2 aromatic rings. The van der Waals surface area contributed by atoms with Crippen LogP contribution in [0.4, 0.5) is 0 Å². The molecule has 1 atom stereocenters. The van der Waals surface area contributed by atoms with Crippen LogP contribution < -0.4 is 0 Å². The third-order valence-electron chi connectivity index (χ3n) is 4.65. The summed E-state index contributed by atoms with van der Waals surface area (Å²) >= 11 is 0. The van der Waals surface area contributed by atoms with E-state index >= 15 is 0 Å². The van der Waals surface area contributed by atoms with Crippen LogP contribution in [0.25, 0.3) is 0 Å². The van der Waals surface area contributed by atoms with E-state index in [0.29, 0.717) is 11.1 Å². The van der Waals surface area contributed by atoms with E-state index in [1.54, 1.807) is 12.1 Å². The molecule has 0 spiro atoms. The van der Waals surface area contributed by atoms with E-state index in [1.165, 1.54) is 42.5 Å². The van der Waals surface area contributed by atoms with Crippen LogP contribution in [0.5, 0.6) is 0 Å². The minimum atomic E-state index is -0.903. The molecule has 3 rings (SSSR count). The number of hydrogen-bond acceptors (Lipinski definition) is 8. The van der Waals surface area contributed by atoms with Crippen LogP contribution in [0.1, 0.15) is 32.5 Å². The fraction of sp³-hybridized carbons (Fsp3) is 0.286. The number of furan rings is 1. The lowest BCUT2D eigenvalue weighted by Gasteiger charge is -2.26. The van der Waals surface area contributed by atoms with Gasteiger partial charge in [-0.3, -0.25) is 9.59 Å². The predicted octanol–water partition coefficient (Wildman–Crippen LogP) is 1.65. The molecule has 1 aromatic carbocycles. The summed E-state index contributed by atoms with van der Waals surface area (Å²) < 4.78 is 15.1. The molecule has 0 fully saturated rings. The highest BCUT2D eigenvalue weighted by atomic mass is 16.5. The average molecular weight is 415 g/mol. The second kappa shape index (κ2) is 9.38. The standard InChI is InChI=1S/C21H21NO8/c1-28-21(27)14-6-4-13(5-7-14)17-16(18(24)15-3-2-10-30-15)19(25)20(26)22(17)8-11-29-12-9-23/h2-7,10,17,23,25H,8-9,11-12H2,1H3/t17-/m1/s1. The molecule has 2 N–H and O–H groups in total. The van der Waals surface area contributed by atoms with Gasteiger partial charge in [-0.05, 0) is 29.8 Å². The smallest absolute Gasteiger partial charge is 0.337 e. The zero-order chi connectivity index (χ0) is 21.7. The summed E-state index contributed by atoms with van der Waals surface area (Å²) in [6.45, 7) is 0.0933. The largest absolute Gasteiger partial charge is 0.503 e. The maximum atomic E-state index is 13.0. The summed E-state index contributed by atoms with van der Waals surface area (Å²) in [5.74, 6) is -2.55. The summed E-state index contributed by atoms with van der Waals surface area (Å²) in [5, 5.41) is 19.3. The van der Waals surface area contributed by atoms with Crippen molar-refractivity contribution in [1.29, 1.82) is 0 Å². The Morgan fingerprint density at radius 3 is 2.50 bits per heavy atom. The van der Waals surface area contributed by atoms with Crippen LogP contribution in [-0.2, 0) is 14.3 Å². The van der Waals surface area contributed by atoms with E-state index < -0.39 is 29.5 Å². The summed E-state index contributed by atoms with van der Waals surface area (Å²) in [5.41, 5.74) is 0.690. The molecular weight excluding hydrogens is 394 g/mol. The maximum Gasteiger partial charge on any atom is 0.337 e. The first-order chi connectivity index (χ1) is 14.5. The summed E-state index contributed by atoms with van der Waals surface area (Å²) in [7, 11) is 1.26. The van der Waals surface area contributed by atoms with Crippen LogP contribution in [0.15, 0.2) is 58.4 Å². The Morgan fingerprint density at radius 2 is 1.90 bits per heavy atom. The predicted molar refractivity (Wildman–Crippen MR) is 103 cm³/mol. The highest BCUT2D eigenvalue weighted by Gasteiger charge is 2.44. The molecule has 9 nitrogen and oxygen atoms in total. The van der Waals surface area contributed by atoms with Crippen LogP contribution in [0, 0.1) is 0 Å². The van der Waals surface area contributed by atoms with E-state index in [1.807, 2.05) is 0 Å². The molecule has 1 aliphatic rings. The fourth-order valence-electron chi connectivity index (χ4n) is 3.25. The molecule has 158 valence electrons. The normalized spacial score (nSPS) is 16.3. The third-order valence-corrected chi connectivity index (χ3v) is 4.65. The molecular formula is C21H21NO8. The minimum absolute atomic E-state index is 0.0149. The van der Waals surface area contributed by atoms with Gasteiger partial charge in [-0.15, -0.1) is 0 Å². The van der Waals surface area contributed by atoms with Gasteiger partial charge in [-0.2, -0.15) is 0 Å². The van der Waals surface area contributed by atoms with Crippen molar-refractivity contribution in [3.8, 4) is 0 Å². The van der Waals surface area contributed by atoms with Crippen molar-refractivity contribution >= 4 is 17.7 Å². The molecule has 2 heterocycles. The Labute approximate surface area is 172 Å². The number of benzene rings is 1. The number of rotatable bonds is 9. The fourth-order valence-corrected chi connectivity index (χ4v) is 3.25. The third kappa shape index (κ3) is 4.12. The minimum Gasteiger partial charge on any atom is -0.503 e. The molecule has 0 unspecified atom stereocenters. The Bertz CT molecular complexity index is 946. The van der Waals surface area contributed by atoms with E-state index in [9.17, 15) is 19.5 Å². The Balaban J connectivity index is 1.97. The van der Waals surface area contributed by atoms with Gasteiger partial charge < -0.3 is 29.0 Å².